The maximum absolute atomic E-state index is 12.3. The number of carbonyl (C=O) groups is 2. The van der Waals surface area contributed by atoms with Gasteiger partial charge in [0, 0.05) is 4.47 Å². The number of nitrogens with one attached hydrogen (secondary N) is 1. The van der Waals surface area contributed by atoms with Crippen molar-refractivity contribution in [3.63, 3.8) is 0 Å². The molecule has 0 aromatic heterocycles. The molecule has 1 N–H and O–H groups in total. The topological polar surface area (TPSA) is 89.5 Å². The second-order valence-electron chi connectivity index (χ2n) is 5.11. The highest BCUT2D eigenvalue weighted by Crippen LogP contribution is 2.16. The Hall–Kier alpha value is -1.25. The van der Waals surface area contributed by atoms with E-state index < -0.39 is 22.0 Å². The minimum Gasteiger partial charge on any atom is -0.457 e. The number of ether oxygens (including phenoxy) is 1. The fraction of sp³-hybridized carbons (Fsp3) is 0.429. The van der Waals surface area contributed by atoms with E-state index in [2.05, 4.69) is 20.7 Å². The Labute approximate surface area is 138 Å². The Morgan fingerprint density at radius 2 is 1.77 bits per heavy atom. The predicted molar refractivity (Wildman–Crippen MR) is 84.7 cm³/mol. The van der Waals surface area contributed by atoms with Gasteiger partial charge in [0.2, 0.25) is 10.0 Å². The Bertz CT molecular complexity index is 640. The molecule has 1 aromatic rings. The summed E-state index contributed by atoms with van der Waals surface area (Å²) in [6.45, 7) is 4.28. The summed E-state index contributed by atoms with van der Waals surface area (Å²) in [5.74, 6) is -1.41. The van der Waals surface area contributed by atoms with Crippen LogP contribution < -0.4 is 4.72 Å². The van der Waals surface area contributed by atoms with Gasteiger partial charge in [-0.05, 0) is 37.1 Å². The number of halogens is 1. The number of hydrogen-bond donors (Lipinski definition) is 1. The van der Waals surface area contributed by atoms with Gasteiger partial charge in [-0.2, -0.15) is 4.72 Å². The van der Waals surface area contributed by atoms with Gasteiger partial charge in [-0.1, -0.05) is 29.8 Å². The lowest BCUT2D eigenvalue weighted by Gasteiger charge is -2.20. The van der Waals surface area contributed by atoms with E-state index in [0.717, 1.165) is 4.47 Å². The lowest BCUT2D eigenvalue weighted by atomic mass is 10.1. The van der Waals surface area contributed by atoms with Gasteiger partial charge in [-0.15, -0.1) is 0 Å². The molecule has 22 heavy (non-hydrogen) atoms. The average Bonchev–Trinajstić information content (AvgIpc) is 2.42. The third-order valence-electron chi connectivity index (χ3n) is 2.74. The van der Waals surface area contributed by atoms with Crippen molar-refractivity contribution in [3.05, 3.63) is 28.7 Å². The Kier molecular flexibility index (Phi) is 6.70. The summed E-state index contributed by atoms with van der Waals surface area (Å²) in [5.41, 5.74) is 0. The van der Waals surface area contributed by atoms with Crippen LogP contribution in [0.2, 0.25) is 0 Å². The number of Topliss-reactive ketones (excluding diaryl/α,β-unsaturated/α-hetero) is 1. The van der Waals surface area contributed by atoms with E-state index in [1.807, 2.05) is 0 Å². The van der Waals surface area contributed by atoms with Crippen molar-refractivity contribution in [1.82, 2.24) is 4.72 Å². The standard InChI is InChI=1S/C14H18BrNO5S/c1-9(2)13(14(18)21-8-10(3)17)16-22(19,20)12-6-4-11(15)5-7-12/h4-7,9,13,16H,8H2,1-3H3/t13-/m0/s1. The monoisotopic (exact) mass is 391 g/mol. The van der Waals surface area contributed by atoms with E-state index >= 15 is 0 Å². The van der Waals surface area contributed by atoms with Crippen LogP contribution in [0.4, 0.5) is 0 Å². The summed E-state index contributed by atoms with van der Waals surface area (Å²) in [5, 5.41) is 0. The van der Waals surface area contributed by atoms with Crippen molar-refractivity contribution in [2.75, 3.05) is 6.61 Å². The first-order valence-corrected chi connectivity index (χ1v) is 8.85. The van der Waals surface area contributed by atoms with E-state index in [0.29, 0.717) is 0 Å². The normalized spacial score (nSPS) is 13.0. The predicted octanol–water partition coefficient (Wildman–Crippen LogP) is 1.88. The molecule has 0 spiro atoms. The first-order chi connectivity index (χ1) is 10.1. The number of sulfonamides is 1. The molecule has 0 amide bonds. The summed E-state index contributed by atoms with van der Waals surface area (Å²) < 4.78 is 32.5. The molecule has 0 fully saturated rings. The zero-order chi connectivity index (χ0) is 16.9. The molecule has 1 aromatic carbocycles. The first kappa shape index (κ1) is 18.8. The van der Waals surface area contributed by atoms with E-state index in [1.54, 1.807) is 26.0 Å². The smallest absolute Gasteiger partial charge is 0.324 e. The van der Waals surface area contributed by atoms with Gasteiger partial charge in [0.05, 0.1) is 4.90 Å². The summed E-state index contributed by atoms with van der Waals surface area (Å²) in [4.78, 5) is 22.8. The number of esters is 1. The van der Waals surface area contributed by atoms with Crippen LogP contribution in [0.5, 0.6) is 0 Å². The highest BCUT2D eigenvalue weighted by molar-refractivity contribution is 9.10. The van der Waals surface area contributed by atoms with Crippen molar-refractivity contribution in [1.29, 1.82) is 0 Å². The van der Waals surface area contributed by atoms with Crippen molar-refractivity contribution >= 4 is 37.7 Å². The molecule has 0 aliphatic heterocycles. The van der Waals surface area contributed by atoms with Crippen LogP contribution in [0.1, 0.15) is 20.8 Å². The van der Waals surface area contributed by atoms with E-state index in [-0.39, 0.29) is 23.2 Å². The molecule has 6 nitrogen and oxygen atoms in total. The summed E-state index contributed by atoms with van der Waals surface area (Å²) in [6.07, 6.45) is 0. The number of rotatable bonds is 7. The Balaban J connectivity index is 2.92. The lowest BCUT2D eigenvalue weighted by Crippen LogP contribution is -2.45. The van der Waals surface area contributed by atoms with E-state index in [4.69, 9.17) is 4.74 Å². The third kappa shape index (κ3) is 5.51. The Morgan fingerprint density at radius 1 is 1.23 bits per heavy atom. The largest absolute Gasteiger partial charge is 0.457 e. The van der Waals surface area contributed by atoms with Gasteiger partial charge in [-0.25, -0.2) is 8.42 Å². The van der Waals surface area contributed by atoms with Crippen LogP contribution in [0.15, 0.2) is 33.6 Å². The molecule has 0 aliphatic carbocycles. The second kappa shape index (κ2) is 7.85. The minimum absolute atomic E-state index is 0.0423. The van der Waals surface area contributed by atoms with Crippen LogP contribution in [-0.4, -0.2) is 32.8 Å². The minimum atomic E-state index is -3.86. The Morgan fingerprint density at radius 3 is 2.23 bits per heavy atom. The molecule has 8 heteroatoms. The summed E-state index contributed by atoms with van der Waals surface area (Å²) in [6, 6.07) is 4.96. The molecule has 122 valence electrons. The molecule has 0 radical (unpaired) electrons. The van der Waals surface area contributed by atoms with Crippen LogP contribution in [0.25, 0.3) is 0 Å². The molecule has 1 rings (SSSR count). The van der Waals surface area contributed by atoms with E-state index in [1.165, 1.54) is 19.1 Å². The van der Waals surface area contributed by atoms with Gasteiger partial charge in [0.25, 0.3) is 0 Å². The van der Waals surface area contributed by atoms with Gasteiger partial charge < -0.3 is 4.74 Å². The van der Waals surface area contributed by atoms with Gasteiger partial charge >= 0.3 is 5.97 Å². The van der Waals surface area contributed by atoms with Gasteiger partial charge in [-0.3, -0.25) is 9.59 Å². The molecular weight excluding hydrogens is 374 g/mol. The van der Waals surface area contributed by atoms with Crippen molar-refractivity contribution in [2.45, 2.75) is 31.7 Å². The summed E-state index contributed by atoms with van der Waals surface area (Å²) >= 11 is 3.22. The van der Waals surface area contributed by atoms with Gasteiger partial charge in [0.1, 0.15) is 12.6 Å². The first-order valence-electron chi connectivity index (χ1n) is 6.57. The molecule has 0 unspecified atom stereocenters. The number of hydrogen-bond acceptors (Lipinski definition) is 5. The van der Waals surface area contributed by atoms with Crippen LogP contribution in [-0.2, 0) is 24.3 Å². The molecule has 0 heterocycles. The third-order valence-corrected chi connectivity index (χ3v) is 4.73. The molecule has 0 saturated carbocycles. The maximum atomic E-state index is 12.3. The highest BCUT2D eigenvalue weighted by Gasteiger charge is 2.29. The fourth-order valence-electron chi connectivity index (χ4n) is 1.57. The van der Waals surface area contributed by atoms with Crippen molar-refractivity contribution in [3.8, 4) is 0 Å². The van der Waals surface area contributed by atoms with Crippen LogP contribution in [0.3, 0.4) is 0 Å². The lowest BCUT2D eigenvalue weighted by molar-refractivity contribution is -0.150. The van der Waals surface area contributed by atoms with Gasteiger partial charge in [0.15, 0.2) is 5.78 Å². The van der Waals surface area contributed by atoms with Crippen molar-refractivity contribution < 1.29 is 22.7 Å². The quantitative estimate of drug-likeness (QED) is 0.716. The van der Waals surface area contributed by atoms with Crippen LogP contribution in [0, 0.1) is 5.92 Å². The van der Waals surface area contributed by atoms with Crippen molar-refractivity contribution in [2.24, 2.45) is 5.92 Å². The zero-order valence-corrected chi connectivity index (χ0v) is 14.9. The SMILES string of the molecule is CC(=O)COC(=O)[C@@H](NS(=O)(=O)c1ccc(Br)cc1)C(C)C. The fourth-order valence-corrected chi connectivity index (χ4v) is 3.17. The highest BCUT2D eigenvalue weighted by atomic mass is 79.9. The zero-order valence-electron chi connectivity index (χ0n) is 12.5. The summed E-state index contributed by atoms with van der Waals surface area (Å²) in [7, 11) is -3.86. The molecule has 1 atom stereocenters. The molecule has 0 saturated heterocycles. The molecule has 0 bridgehead atoms. The average molecular weight is 392 g/mol. The maximum Gasteiger partial charge on any atom is 0.324 e. The van der Waals surface area contributed by atoms with E-state index in [9.17, 15) is 18.0 Å². The second-order valence-corrected chi connectivity index (χ2v) is 7.74. The molecule has 0 aliphatic rings. The molecular formula is C14H18BrNO5S. The van der Waals surface area contributed by atoms with Crippen LogP contribution >= 0.6 is 15.9 Å². The number of carbonyl (C=O) groups excluding carboxylic acids is 2. The number of ketones is 1. The number of benzene rings is 1.